The minimum atomic E-state index is 1.02. The van der Waals surface area contributed by atoms with Crippen molar-refractivity contribution in [3.05, 3.63) is 70.1 Å². The minimum Gasteiger partial charge on any atom is -0.143 e. The topological polar surface area (TPSA) is 0 Å². The van der Waals surface area contributed by atoms with Crippen molar-refractivity contribution in [2.45, 2.75) is 20.3 Å². The lowest BCUT2D eigenvalue weighted by Gasteiger charge is -2.04. The molecule has 20 heavy (non-hydrogen) atoms. The summed E-state index contributed by atoms with van der Waals surface area (Å²) < 4.78 is 0. The second-order valence-electron chi connectivity index (χ2n) is 5.47. The van der Waals surface area contributed by atoms with Crippen molar-refractivity contribution in [2.24, 2.45) is 0 Å². The van der Waals surface area contributed by atoms with Crippen molar-refractivity contribution in [1.29, 1.82) is 0 Å². The summed E-state index contributed by atoms with van der Waals surface area (Å²) in [5.74, 6) is 0. The molecule has 0 N–H and O–H groups in total. The second-order valence-corrected chi connectivity index (χ2v) is 6.35. The van der Waals surface area contributed by atoms with Gasteiger partial charge in [-0.1, -0.05) is 36.4 Å². The van der Waals surface area contributed by atoms with E-state index in [1.807, 2.05) is 11.3 Å². The quantitative estimate of drug-likeness (QED) is 0.436. The zero-order valence-electron chi connectivity index (χ0n) is 11.7. The molecule has 0 aliphatic heterocycles. The van der Waals surface area contributed by atoms with Gasteiger partial charge >= 0.3 is 0 Å². The average molecular weight is 275 g/mol. The summed E-state index contributed by atoms with van der Waals surface area (Å²) in [5, 5.41) is 2.24. The fraction of sp³-hybridized carbons (Fsp3) is 0.158. The summed E-state index contributed by atoms with van der Waals surface area (Å²) in [6, 6.07) is 16.8. The van der Waals surface area contributed by atoms with E-state index in [2.05, 4.69) is 61.7 Å². The van der Waals surface area contributed by atoms with Gasteiger partial charge in [0.25, 0.3) is 0 Å². The highest BCUT2D eigenvalue weighted by atomic mass is 32.1. The van der Waals surface area contributed by atoms with Gasteiger partial charge in [0, 0.05) is 10.4 Å². The van der Waals surface area contributed by atoms with Gasteiger partial charge in [0.05, 0.1) is 0 Å². The molecule has 0 unspecified atom stereocenters. The summed E-state index contributed by atoms with van der Waals surface area (Å²) in [4.78, 5) is 1.36. The molecule has 0 saturated carbocycles. The van der Waals surface area contributed by atoms with E-state index in [1.54, 1.807) is 0 Å². The molecule has 0 bridgehead atoms. The molecule has 97 valence electrons. The van der Waals surface area contributed by atoms with E-state index in [4.69, 9.17) is 0 Å². The molecular formula is C19H15S. The van der Waals surface area contributed by atoms with Crippen LogP contribution in [0.25, 0.3) is 21.6 Å². The zero-order chi connectivity index (χ0) is 13.7. The van der Waals surface area contributed by atoms with Gasteiger partial charge in [0.2, 0.25) is 0 Å². The van der Waals surface area contributed by atoms with Crippen molar-refractivity contribution in [1.82, 2.24) is 0 Å². The monoisotopic (exact) mass is 275 g/mol. The molecule has 0 nitrogen and oxygen atoms in total. The molecule has 1 radical (unpaired) electrons. The maximum Gasteiger partial charge on any atom is 0.0380 e. The number of hydrogen-bond acceptors (Lipinski definition) is 1. The van der Waals surface area contributed by atoms with Crippen LogP contribution in [0.5, 0.6) is 0 Å². The first-order valence-electron chi connectivity index (χ1n) is 6.92. The molecule has 1 aromatic heterocycles. The number of rotatable bonds is 1. The first-order valence-corrected chi connectivity index (χ1v) is 7.80. The van der Waals surface area contributed by atoms with Crippen LogP contribution >= 0.6 is 11.3 Å². The highest BCUT2D eigenvalue weighted by Crippen LogP contribution is 2.40. The van der Waals surface area contributed by atoms with Gasteiger partial charge in [-0.25, -0.2) is 0 Å². The maximum absolute atomic E-state index is 3.65. The average Bonchev–Trinajstić information content (AvgIpc) is 2.99. The van der Waals surface area contributed by atoms with E-state index in [9.17, 15) is 0 Å². The summed E-state index contributed by atoms with van der Waals surface area (Å²) in [5.41, 5.74) is 9.51. The molecule has 4 rings (SSSR count). The number of hydrogen-bond donors (Lipinski definition) is 0. The SMILES string of the molecule is Cc1csc(-c2[c]c3c(cc2)-c2ccccc2C3)c1C. The number of thiophene rings is 1. The zero-order valence-corrected chi connectivity index (χ0v) is 12.5. The van der Waals surface area contributed by atoms with Crippen LogP contribution in [0.2, 0.25) is 0 Å². The molecule has 1 aliphatic carbocycles. The molecule has 0 spiro atoms. The van der Waals surface area contributed by atoms with Crippen LogP contribution in [0.4, 0.5) is 0 Å². The lowest BCUT2D eigenvalue weighted by Crippen LogP contribution is -1.84. The summed E-state index contributed by atoms with van der Waals surface area (Å²) in [6.07, 6.45) is 1.02. The Hall–Kier alpha value is -1.86. The van der Waals surface area contributed by atoms with Crippen molar-refractivity contribution < 1.29 is 0 Å². The van der Waals surface area contributed by atoms with Crippen LogP contribution in [0, 0.1) is 19.9 Å². The van der Waals surface area contributed by atoms with Crippen LogP contribution < -0.4 is 0 Å². The van der Waals surface area contributed by atoms with Crippen molar-refractivity contribution >= 4 is 11.3 Å². The third-order valence-corrected chi connectivity index (χ3v) is 5.47. The van der Waals surface area contributed by atoms with Crippen LogP contribution in [0.1, 0.15) is 22.3 Å². The first kappa shape index (κ1) is 11.9. The normalized spacial score (nSPS) is 12.3. The third kappa shape index (κ3) is 1.66. The fourth-order valence-corrected chi connectivity index (χ4v) is 4.01. The smallest absolute Gasteiger partial charge is 0.0380 e. The molecule has 0 amide bonds. The molecule has 0 fully saturated rings. The third-order valence-electron chi connectivity index (χ3n) is 4.23. The number of fused-ring (bicyclic) bond motifs is 3. The van der Waals surface area contributed by atoms with E-state index in [1.165, 1.54) is 43.8 Å². The van der Waals surface area contributed by atoms with Gasteiger partial charge < -0.3 is 0 Å². The van der Waals surface area contributed by atoms with E-state index in [-0.39, 0.29) is 0 Å². The highest BCUT2D eigenvalue weighted by Gasteiger charge is 2.19. The first-order chi connectivity index (χ1) is 9.74. The number of aryl methyl sites for hydroxylation is 1. The van der Waals surface area contributed by atoms with Crippen LogP contribution in [-0.4, -0.2) is 0 Å². The molecule has 3 aromatic rings. The summed E-state index contributed by atoms with van der Waals surface area (Å²) in [7, 11) is 0. The van der Waals surface area contributed by atoms with Crippen LogP contribution in [0.3, 0.4) is 0 Å². The fourth-order valence-electron chi connectivity index (χ4n) is 2.96. The lowest BCUT2D eigenvalue weighted by atomic mass is 10.0. The highest BCUT2D eigenvalue weighted by molar-refractivity contribution is 7.13. The van der Waals surface area contributed by atoms with Crippen molar-refractivity contribution in [2.75, 3.05) is 0 Å². The Morgan fingerprint density at radius 3 is 2.65 bits per heavy atom. The van der Waals surface area contributed by atoms with Crippen molar-refractivity contribution in [3.8, 4) is 21.6 Å². The maximum atomic E-state index is 3.65. The second kappa shape index (κ2) is 4.32. The van der Waals surface area contributed by atoms with Crippen LogP contribution in [-0.2, 0) is 6.42 Å². The Morgan fingerprint density at radius 2 is 1.85 bits per heavy atom. The Bertz CT molecular complexity index is 808. The van der Waals surface area contributed by atoms with Gasteiger partial charge in [-0.05, 0) is 65.1 Å². The molecule has 1 heterocycles. The Balaban J connectivity index is 1.85. The standard InChI is InChI=1S/C19H15S/c1-12-11-20-19(13(12)2)15-7-8-18-16(10-15)9-14-5-3-4-6-17(14)18/h3-8,11H,9H2,1-2H3. The summed E-state index contributed by atoms with van der Waals surface area (Å²) >= 11 is 1.83. The van der Waals surface area contributed by atoms with Gasteiger partial charge in [0.1, 0.15) is 0 Å². The molecular weight excluding hydrogens is 260 g/mol. The predicted octanol–water partition coefficient (Wildman–Crippen LogP) is 5.40. The Morgan fingerprint density at radius 1 is 1.00 bits per heavy atom. The largest absolute Gasteiger partial charge is 0.143 e. The molecule has 1 heteroatoms. The van der Waals surface area contributed by atoms with Gasteiger partial charge in [-0.3, -0.25) is 0 Å². The Kier molecular flexibility index (Phi) is 2.58. The van der Waals surface area contributed by atoms with Gasteiger partial charge in [0.15, 0.2) is 0 Å². The van der Waals surface area contributed by atoms with E-state index >= 15 is 0 Å². The van der Waals surface area contributed by atoms with Gasteiger partial charge in [-0.15, -0.1) is 11.3 Å². The van der Waals surface area contributed by atoms with E-state index in [0.717, 1.165) is 6.42 Å². The molecule has 0 atom stereocenters. The number of benzene rings is 2. The molecule has 0 saturated heterocycles. The summed E-state index contributed by atoms with van der Waals surface area (Å²) in [6.45, 7) is 4.38. The van der Waals surface area contributed by atoms with E-state index < -0.39 is 0 Å². The molecule has 2 aromatic carbocycles. The van der Waals surface area contributed by atoms with Gasteiger partial charge in [-0.2, -0.15) is 0 Å². The predicted molar refractivity (Wildman–Crippen MR) is 86.3 cm³/mol. The van der Waals surface area contributed by atoms with E-state index in [0.29, 0.717) is 0 Å². The Labute approximate surface area is 123 Å². The van der Waals surface area contributed by atoms with Crippen LogP contribution in [0.15, 0.2) is 41.8 Å². The minimum absolute atomic E-state index is 1.02. The molecule has 1 aliphatic rings. The lowest BCUT2D eigenvalue weighted by molar-refractivity contribution is 1.26. The van der Waals surface area contributed by atoms with Crippen molar-refractivity contribution in [3.63, 3.8) is 0 Å².